The lowest BCUT2D eigenvalue weighted by molar-refractivity contribution is 0.480. The van der Waals surface area contributed by atoms with Gasteiger partial charge >= 0.3 is 0 Å². The van der Waals surface area contributed by atoms with Crippen LogP contribution in [0.1, 0.15) is 24.2 Å². The van der Waals surface area contributed by atoms with E-state index in [9.17, 15) is 8.42 Å². The molecule has 0 amide bonds. The zero-order valence-corrected chi connectivity index (χ0v) is 13.9. The molecule has 0 unspecified atom stereocenters. The molecule has 6 nitrogen and oxygen atoms in total. The number of aryl methyl sites for hydroxylation is 3. The summed E-state index contributed by atoms with van der Waals surface area (Å²) >= 11 is 3.32. The summed E-state index contributed by atoms with van der Waals surface area (Å²) in [6, 6.07) is 5.10. The van der Waals surface area contributed by atoms with Crippen molar-refractivity contribution >= 4 is 31.9 Å². The van der Waals surface area contributed by atoms with Crippen LogP contribution in [0.15, 0.2) is 27.6 Å². The molecular weight excluding hydrogens is 356 g/mol. The van der Waals surface area contributed by atoms with E-state index in [0.29, 0.717) is 4.47 Å². The third-order valence-electron chi connectivity index (χ3n) is 3.44. The van der Waals surface area contributed by atoms with Gasteiger partial charge in [-0.2, -0.15) is 4.98 Å². The van der Waals surface area contributed by atoms with Crippen molar-refractivity contribution in [2.24, 2.45) is 0 Å². The molecule has 2 heterocycles. The van der Waals surface area contributed by atoms with Crippen LogP contribution in [0.2, 0.25) is 0 Å². The van der Waals surface area contributed by atoms with Gasteiger partial charge in [0.2, 0.25) is 0 Å². The molecule has 3 rings (SSSR count). The highest BCUT2D eigenvalue weighted by molar-refractivity contribution is 9.10. The Labute approximate surface area is 131 Å². The summed E-state index contributed by atoms with van der Waals surface area (Å²) in [5, 5.41) is 4.21. The first-order chi connectivity index (χ1) is 9.97. The molecule has 0 radical (unpaired) electrons. The zero-order valence-electron chi connectivity index (χ0n) is 11.5. The molecule has 1 aliphatic heterocycles. The molecule has 0 fully saturated rings. The largest absolute Gasteiger partial charge is 0.265 e. The molecule has 1 N–H and O–H groups in total. The minimum Gasteiger partial charge on any atom is -0.248 e. The highest BCUT2D eigenvalue weighted by atomic mass is 79.9. The highest BCUT2D eigenvalue weighted by Crippen LogP contribution is 2.26. The van der Waals surface area contributed by atoms with Crippen molar-refractivity contribution in [1.82, 2.24) is 14.8 Å². The van der Waals surface area contributed by atoms with E-state index in [1.165, 1.54) is 0 Å². The van der Waals surface area contributed by atoms with Gasteiger partial charge in [0.1, 0.15) is 10.7 Å². The predicted octanol–water partition coefficient (Wildman–Crippen LogP) is 2.49. The van der Waals surface area contributed by atoms with E-state index in [1.807, 2.05) is 13.0 Å². The molecule has 1 aliphatic rings. The molecule has 112 valence electrons. The number of sulfonamides is 1. The average Bonchev–Trinajstić information content (AvgIpc) is 2.82. The smallest absolute Gasteiger partial charge is 0.248 e. The molecule has 0 saturated heterocycles. The second-order valence-corrected chi connectivity index (χ2v) is 7.47. The summed E-state index contributed by atoms with van der Waals surface area (Å²) < 4.78 is 29.7. The Morgan fingerprint density at radius 3 is 2.90 bits per heavy atom. The third-order valence-corrected chi connectivity index (χ3v) is 6.13. The fraction of sp³-hybridized carbons (Fsp3) is 0.385. The summed E-state index contributed by atoms with van der Waals surface area (Å²) in [7, 11) is -3.70. The van der Waals surface area contributed by atoms with Gasteiger partial charge in [-0.3, -0.25) is 0 Å². The number of halogens is 1. The first-order valence-electron chi connectivity index (χ1n) is 6.69. The molecule has 1 aromatic heterocycles. The van der Waals surface area contributed by atoms with Gasteiger partial charge in [-0.25, -0.2) is 17.8 Å². The standard InChI is InChI=1S/C13H15BrN4O2S/c1-9-5-4-6-10(12(9)14)21(19,20)17-13-15-11-7-2-3-8-18(11)16-13/h4-6H,2-3,7-8H2,1H3,(H,16,17). The van der Waals surface area contributed by atoms with E-state index < -0.39 is 10.0 Å². The van der Waals surface area contributed by atoms with Gasteiger partial charge in [0.15, 0.2) is 0 Å². The fourth-order valence-electron chi connectivity index (χ4n) is 2.33. The fourth-order valence-corrected chi connectivity index (χ4v) is 4.32. The molecule has 0 bridgehead atoms. The molecule has 0 spiro atoms. The Balaban J connectivity index is 1.93. The van der Waals surface area contributed by atoms with E-state index in [0.717, 1.165) is 37.2 Å². The lowest BCUT2D eigenvalue weighted by Gasteiger charge is -2.09. The van der Waals surface area contributed by atoms with E-state index in [2.05, 4.69) is 30.7 Å². The van der Waals surface area contributed by atoms with Crippen molar-refractivity contribution in [2.45, 2.75) is 37.6 Å². The first-order valence-corrected chi connectivity index (χ1v) is 8.96. The van der Waals surface area contributed by atoms with Crippen molar-refractivity contribution in [3.63, 3.8) is 0 Å². The van der Waals surface area contributed by atoms with Crippen molar-refractivity contribution in [3.8, 4) is 0 Å². The topological polar surface area (TPSA) is 76.9 Å². The van der Waals surface area contributed by atoms with E-state index in [1.54, 1.807) is 16.8 Å². The summed E-state index contributed by atoms with van der Waals surface area (Å²) in [5.41, 5.74) is 0.856. The van der Waals surface area contributed by atoms with Gasteiger partial charge in [0, 0.05) is 17.4 Å². The van der Waals surface area contributed by atoms with Crippen LogP contribution < -0.4 is 4.72 Å². The van der Waals surface area contributed by atoms with Crippen LogP contribution in [0.25, 0.3) is 0 Å². The van der Waals surface area contributed by atoms with Crippen LogP contribution in [-0.4, -0.2) is 23.2 Å². The molecule has 0 atom stereocenters. The van der Waals surface area contributed by atoms with E-state index >= 15 is 0 Å². The van der Waals surface area contributed by atoms with E-state index in [4.69, 9.17) is 0 Å². The van der Waals surface area contributed by atoms with Crippen molar-refractivity contribution < 1.29 is 8.42 Å². The number of anilines is 1. The van der Waals surface area contributed by atoms with E-state index in [-0.39, 0.29) is 10.8 Å². The van der Waals surface area contributed by atoms with Gasteiger partial charge in [-0.1, -0.05) is 12.1 Å². The molecule has 0 aliphatic carbocycles. The summed E-state index contributed by atoms with van der Waals surface area (Å²) in [6.45, 7) is 2.63. The molecule has 1 aromatic carbocycles. The summed E-state index contributed by atoms with van der Waals surface area (Å²) in [4.78, 5) is 4.45. The lowest BCUT2D eigenvalue weighted by atomic mass is 10.2. The normalized spacial score (nSPS) is 14.8. The molecule has 2 aromatic rings. The quantitative estimate of drug-likeness (QED) is 0.900. The number of benzene rings is 1. The number of fused-ring (bicyclic) bond motifs is 1. The molecule has 0 saturated carbocycles. The molecular formula is C13H15BrN4O2S. The van der Waals surface area contributed by atoms with Crippen molar-refractivity contribution in [1.29, 1.82) is 0 Å². The van der Waals surface area contributed by atoms with Gasteiger partial charge in [0.25, 0.3) is 16.0 Å². The van der Waals surface area contributed by atoms with Gasteiger partial charge in [-0.15, -0.1) is 5.10 Å². The Morgan fingerprint density at radius 1 is 1.33 bits per heavy atom. The maximum absolute atomic E-state index is 12.5. The van der Waals surface area contributed by atoms with Crippen molar-refractivity contribution in [2.75, 3.05) is 4.72 Å². The maximum atomic E-state index is 12.5. The average molecular weight is 371 g/mol. The first kappa shape index (κ1) is 14.5. The number of nitrogens with one attached hydrogen (secondary N) is 1. The van der Waals surface area contributed by atoms with Crippen LogP contribution in [-0.2, 0) is 23.0 Å². The number of aromatic nitrogens is 3. The number of hydrogen-bond donors (Lipinski definition) is 1. The van der Waals surface area contributed by atoms with Gasteiger partial charge in [-0.05, 0) is 47.3 Å². The minimum atomic E-state index is -3.70. The Hall–Kier alpha value is -1.41. The Bertz CT molecular complexity index is 762. The molecule has 8 heteroatoms. The zero-order chi connectivity index (χ0) is 15.0. The second-order valence-electron chi connectivity index (χ2n) is 5.02. The number of hydrogen-bond acceptors (Lipinski definition) is 4. The van der Waals surface area contributed by atoms with Crippen molar-refractivity contribution in [3.05, 3.63) is 34.1 Å². The number of nitrogens with zero attached hydrogens (tertiary/aromatic N) is 3. The summed E-state index contributed by atoms with van der Waals surface area (Å²) in [6.07, 6.45) is 2.95. The maximum Gasteiger partial charge on any atom is 0.265 e. The highest BCUT2D eigenvalue weighted by Gasteiger charge is 2.22. The van der Waals surface area contributed by atoms with Crippen LogP contribution in [0.5, 0.6) is 0 Å². The Kier molecular flexibility index (Phi) is 3.75. The SMILES string of the molecule is Cc1cccc(S(=O)(=O)Nc2nc3n(n2)CCCC3)c1Br. The monoisotopic (exact) mass is 370 g/mol. The minimum absolute atomic E-state index is 0.139. The van der Waals surface area contributed by atoms with Crippen LogP contribution in [0, 0.1) is 6.92 Å². The Morgan fingerprint density at radius 2 is 2.14 bits per heavy atom. The third kappa shape index (κ3) is 2.82. The molecule has 21 heavy (non-hydrogen) atoms. The van der Waals surface area contributed by atoms with Crippen LogP contribution >= 0.6 is 15.9 Å². The lowest BCUT2D eigenvalue weighted by Crippen LogP contribution is -2.15. The summed E-state index contributed by atoms with van der Waals surface area (Å²) in [5.74, 6) is 0.975. The van der Waals surface area contributed by atoms with Gasteiger partial charge < -0.3 is 0 Å². The van der Waals surface area contributed by atoms with Gasteiger partial charge in [0.05, 0.1) is 0 Å². The predicted molar refractivity (Wildman–Crippen MR) is 82.6 cm³/mol. The van der Waals surface area contributed by atoms with Crippen LogP contribution in [0.3, 0.4) is 0 Å². The van der Waals surface area contributed by atoms with Crippen LogP contribution in [0.4, 0.5) is 5.95 Å². The second kappa shape index (κ2) is 5.42. The number of rotatable bonds is 3.